The molecule has 2 rings (SSSR count). The lowest BCUT2D eigenvalue weighted by Gasteiger charge is -2.02. The second-order valence-corrected chi connectivity index (χ2v) is 4.14. The summed E-state index contributed by atoms with van der Waals surface area (Å²) in [4.78, 5) is 4.20. The molecule has 0 aliphatic carbocycles. The monoisotopic (exact) mass is 219 g/mol. The number of aryl methyl sites for hydroxylation is 1. The van der Waals surface area contributed by atoms with Crippen LogP contribution in [0.5, 0.6) is 0 Å². The van der Waals surface area contributed by atoms with Gasteiger partial charge in [-0.25, -0.2) is 14.1 Å². The van der Waals surface area contributed by atoms with E-state index < -0.39 is 0 Å². The summed E-state index contributed by atoms with van der Waals surface area (Å²) in [6.45, 7) is 5.81. The number of halogens is 1. The molecule has 0 fully saturated rings. The molecule has 2 aromatic rings. The summed E-state index contributed by atoms with van der Waals surface area (Å²) in [7, 11) is 0. The highest BCUT2D eigenvalue weighted by Gasteiger charge is 2.07. The lowest BCUT2D eigenvalue weighted by atomic mass is 10.2. The van der Waals surface area contributed by atoms with E-state index >= 15 is 0 Å². The fourth-order valence-corrected chi connectivity index (χ4v) is 1.44. The maximum Gasteiger partial charge on any atom is 0.153 e. The summed E-state index contributed by atoms with van der Waals surface area (Å²) in [5, 5.41) is 4.33. The van der Waals surface area contributed by atoms with Crippen molar-refractivity contribution >= 4 is 0 Å². The molecule has 0 amide bonds. The molecule has 0 aliphatic heterocycles. The third-order valence-corrected chi connectivity index (χ3v) is 2.43. The van der Waals surface area contributed by atoms with E-state index in [4.69, 9.17) is 0 Å². The maximum absolute atomic E-state index is 13.1. The summed E-state index contributed by atoms with van der Waals surface area (Å²) in [6.07, 6.45) is 1.65. The molecule has 3 nitrogen and oxygen atoms in total. The first-order chi connectivity index (χ1) is 7.58. The normalized spacial score (nSPS) is 11.1. The van der Waals surface area contributed by atoms with Crippen molar-refractivity contribution in [2.45, 2.75) is 26.7 Å². The van der Waals surface area contributed by atoms with Gasteiger partial charge in [0.05, 0.1) is 5.69 Å². The molecular formula is C12H14FN3. The van der Waals surface area contributed by atoms with Crippen molar-refractivity contribution < 1.29 is 4.39 Å². The van der Waals surface area contributed by atoms with Crippen molar-refractivity contribution in [3.05, 3.63) is 41.7 Å². The predicted octanol–water partition coefficient (Wildman–Crippen LogP) is 2.84. The Balaban J connectivity index is 2.39. The number of benzene rings is 1. The molecule has 0 aliphatic rings. The van der Waals surface area contributed by atoms with Crippen molar-refractivity contribution in [2.24, 2.45) is 0 Å². The van der Waals surface area contributed by atoms with Crippen LogP contribution in [0.4, 0.5) is 4.39 Å². The third kappa shape index (κ3) is 1.96. The average Bonchev–Trinajstić information content (AvgIpc) is 2.71. The summed E-state index contributed by atoms with van der Waals surface area (Å²) < 4.78 is 14.8. The topological polar surface area (TPSA) is 30.7 Å². The summed E-state index contributed by atoms with van der Waals surface area (Å²) >= 11 is 0. The van der Waals surface area contributed by atoms with Crippen LogP contribution in [0.25, 0.3) is 5.69 Å². The SMILES string of the molecule is Cc1cc(-n2cnc(C(C)C)n2)ccc1F. The fourth-order valence-electron chi connectivity index (χ4n) is 1.44. The zero-order valence-corrected chi connectivity index (χ0v) is 9.61. The van der Waals surface area contributed by atoms with Crippen LogP contribution in [0.1, 0.15) is 31.2 Å². The minimum absolute atomic E-state index is 0.201. The van der Waals surface area contributed by atoms with Crippen LogP contribution < -0.4 is 0 Å². The fraction of sp³-hybridized carbons (Fsp3) is 0.333. The highest BCUT2D eigenvalue weighted by atomic mass is 19.1. The van der Waals surface area contributed by atoms with E-state index in [1.165, 1.54) is 6.07 Å². The van der Waals surface area contributed by atoms with Gasteiger partial charge in [0, 0.05) is 5.92 Å². The largest absolute Gasteiger partial charge is 0.221 e. The summed E-state index contributed by atoms with van der Waals surface area (Å²) in [6, 6.07) is 4.90. The molecule has 0 saturated heterocycles. The second-order valence-electron chi connectivity index (χ2n) is 4.14. The summed E-state index contributed by atoms with van der Waals surface area (Å²) in [5.41, 5.74) is 1.44. The lowest BCUT2D eigenvalue weighted by Crippen LogP contribution is -1.98. The van der Waals surface area contributed by atoms with Gasteiger partial charge in [0.15, 0.2) is 5.82 Å². The van der Waals surface area contributed by atoms with Crippen LogP contribution in [0.3, 0.4) is 0 Å². The van der Waals surface area contributed by atoms with Gasteiger partial charge in [-0.3, -0.25) is 0 Å². The van der Waals surface area contributed by atoms with Crippen LogP contribution in [0.2, 0.25) is 0 Å². The van der Waals surface area contributed by atoms with E-state index in [1.807, 2.05) is 13.8 Å². The Labute approximate surface area is 93.9 Å². The van der Waals surface area contributed by atoms with Gasteiger partial charge < -0.3 is 0 Å². The van der Waals surface area contributed by atoms with Gasteiger partial charge in [0.1, 0.15) is 12.1 Å². The zero-order valence-electron chi connectivity index (χ0n) is 9.61. The van der Waals surface area contributed by atoms with Gasteiger partial charge in [-0.15, -0.1) is 0 Å². The highest BCUT2D eigenvalue weighted by molar-refractivity contribution is 5.35. The first-order valence-corrected chi connectivity index (χ1v) is 5.26. The Morgan fingerprint density at radius 3 is 2.62 bits per heavy atom. The van der Waals surface area contributed by atoms with Gasteiger partial charge in [-0.05, 0) is 30.7 Å². The van der Waals surface area contributed by atoms with Gasteiger partial charge in [0.2, 0.25) is 0 Å². The zero-order chi connectivity index (χ0) is 11.7. The molecule has 0 radical (unpaired) electrons. The quantitative estimate of drug-likeness (QED) is 0.777. The molecular weight excluding hydrogens is 205 g/mol. The molecule has 1 aromatic heterocycles. The minimum atomic E-state index is -0.201. The first-order valence-electron chi connectivity index (χ1n) is 5.26. The first kappa shape index (κ1) is 10.8. The Hall–Kier alpha value is -1.71. The van der Waals surface area contributed by atoms with Crippen molar-refractivity contribution in [3.63, 3.8) is 0 Å². The van der Waals surface area contributed by atoms with E-state index in [-0.39, 0.29) is 5.82 Å². The van der Waals surface area contributed by atoms with E-state index in [9.17, 15) is 4.39 Å². The van der Waals surface area contributed by atoms with Gasteiger partial charge in [-0.1, -0.05) is 13.8 Å². The minimum Gasteiger partial charge on any atom is -0.221 e. The molecule has 0 N–H and O–H groups in total. The number of hydrogen-bond acceptors (Lipinski definition) is 2. The van der Waals surface area contributed by atoms with E-state index in [0.717, 1.165) is 11.5 Å². The molecule has 0 saturated carbocycles. The molecule has 16 heavy (non-hydrogen) atoms. The maximum atomic E-state index is 13.1. The Morgan fingerprint density at radius 2 is 2.06 bits per heavy atom. The molecule has 1 aromatic carbocycles. The van der Waals surface area contributed by atoms with Crippen LogP contribution in [-0.4, -0.2) is 14.8 Å². The van der Waals surface area contributed by atoms with Crippen molar-refractivity contribution in [1.29, 1.82) is 0 Å². The average molecular weight is 219 g/mol. The molecule has 84 valence electrons. The Bertz CT molecular complexity index is 503. The highest BCUT2D eigenvalue weighted by Crippen LogP contribution is 2.14. The predicted molar refractivity (Wildman–Crippen MR) is 60.1 cm³/mol. The van der Waals surface area contributed by atoms with E-state index in [1.54, 1.807) is 30.1 Å². The van der Waals surface area contributed by atoms with Gasteiger partial charge in [-0.2, -0.15) is 5.10 Å². The standard InChI is InChI=1S/C12H14FN3/c1-8(2)12-14-7-16(15-12)10-4-5-11(13)9(3)6-10/h4-8H,1-3H3. The molecule has 4 heteroatoms. The van der Waals surface area contributed by atoms with Crippen LogP contribution in [0, 0.1) is 12.7 Å². The van der Waals surface area contributed by atoms with Crippen molar-refractivity contribution in [2.75, 3.05) is 0 Å². The van der Waals surface area contributed by atoms with Crippen LogP contribution >= 0.6 is 0 Å². The van der Waals surface area contributed by atoms with E-state index in [2.05, 4.69) is 10.1 Å². The Morgan fingerprint density at radius 1 is 1.31 bits per heavy atom. The third-order valence-electron chi connectivity index (χ3n) is 2.43. The Kier molecular flexibility index (Phi) is 2.73. The molecule has 0 spiro atoms. The molecule has 0 atom stereocenters. The van der Waals surface area contributed by atoms with Crippen LogP contribution in [-0.2, 0) is 0 Å². The number of rotatable bonds is 2. The number of hydrogen-bond donors (Lipinski definition) is 0. The summed E-state index contributed by atoms with van der Waals surface area (Å²) in [5.74, 6) is 0.887. The van der Waals surface area contributed by atoms with Gasteiger partial charge >= 0.3 is 0 Å². The smallest absolute Gasteiger partial charge is 0.153 e. The lowest BCUT2D eigenvalue weighted by molar-refractivity contribution is 0.617. The van der Waals surface area contributed by atoms with Crippen LogP contribution in [0.15, 0.2) is 24.5 Å². The molecule has 1 heterocycles. The van der Waals surface area contributed by atoms with Crippen molar-refractivity contribution in [1.82, 2.24) is 14.8 Å². The van der Waals surface area contributed by atoms with Crippen molar-refractivity contribution in [3.8, 4) is 5.69 Å². The van der Waals surface area contributed by atoms with E-state index in [0.29, 0.717) is 11.5 Å². The number of nitrogens with zero attached hydrogens (tertiary/aromatic N) is 3. The number of aromatic nitrogens is 3. The van der Waals surface area contributed by atoms with Gasteiger partial charge in [0.25, 0.3) is 0 Å². The second kappa shape index (κ2) is 4.04. The molecule has 0 bridgehead atoms. The molecule has 0 unspecified atom stereocenters.